The van der Waals surface area contributed by atoms with Crippen LogP contribution in [0, 0.1) is 0 Å². The van der Waals surface area contributed by atoms with Gasteiger partial charge in [0.15, 0.2) is 17.6 Å². The minimum atomic E-state index is -1.56. The van der Waals surface area contributed by atoms with Crippen molar-refractivity contribution < 1.29 is 14.2 Å². The second-order valence-electron chi connectivity index (χ2n) is 4.47. The molecule has 0 spiro atoms. The summed E-state index contributed by atoms with van der Waals surface area (Å²) in [6, 6.07) is 0. The number of alkyl halides is 1. The topological polar surface area (TPSA) is 125 Å². The number of aliphatic hydroxyl groups is 1. The third-order valence-electron chi connectivity index (χ3n) is 3.18. The van der Waals surface area contributed by atoms with Crippen molar-refractivity contribution in [2.75, 3.05) is 11.5 Å². The van der Waals surface area contributed by atoms with E-state index in [-0.39, 0.29) is 17.4 Å². The maximum absolute atomic E-state index is 14.0. The summed E-state index contributed by atoms with van der Waals surface area (Å²) in [6.45, 7) is 1.60. The lowest BCUT2D eigenvalue weighted by Crippen LogP contribution is -2.25. The molecule has 1 aliphatic heterocycles. The molecule has 102 valence electrons. The molecule has 0 radical (unpaired) electrons. The second kappa shape index (κ2) is 4.00. The van der Waals surface area contributed by atoms with Crippen LogP contribution in [0.2, 0.25) is 0 Å². The van der Waals surface area contributed by atoms with Crippen LogP contribution in [-0.2, 0) is 4.74 Å². The number of hydrogen-bond donors (Lipinski definition) is 3. The molecule has 1 saturated heterocycles. The smallest absolute Gasteiger partial charge is 0.240 e. The van der Waals surface area contributed by atoms with Crippen LogP contribution in [0.4, 0.5) is 16.2 Å². The summed E-state index contributed by atoms with van der Waals surface area (Å²) >= 11 is 0. The molecule has 9 heteroatoms. The Morgan fingerprint density at radius 3 is 2.84 bits per heavy atom. The number of nitrogens with two attached hydrogens (primary N) is 2. The summed E-state index contributed by atoms with van der Waals surface area (Å²) in [5, 5.41) is 13.5. The summed E-state index contributed by atoms with van der Waals surface area (Å²) in [4.78, 5) is 7.79. The van der Waals surface area contributed by atoms with Gasteiger partial charge in [-0.25, -0.2) is 13.9 Å². The molecule has 0 aliphatic carbocycles. The second-order valence-corrected chi connectivity index (χ2v) is 4.47. The van der Waals surface area contributed by atoms with Gasteiger partial charge in [0.25, 0.3) is 0 Å². The van der Waals surface area contributed by atoms with Crippen molar-refractivity contribution in [1.82, 2.24) is 19.6 Å². The average molecular weight is 268 g/mol. The Morgan fingerprint density at radius 2 is 2.21 bits per heavy atom. The predicted molar refractivity (Wildman–Crippen MR) is 63.8 cm³/mol. The molecule has 1 fully saturated rings. The molecule has 5 N–H and O–H groups in total. The Labute approximate surface area is 107 Å². The quantitative estimate of drug-likeness (QED) is 0.633. The fraction of sp³-hybridized carbons (Fsp3) is 0.500. The maximum atomic E-state index is 14.0. The SMILES string of the molecule is CC1OC(c2cnc3c(N)nc(N)nn23)[C@H](F)[C@@H]1O. The van der Waals surface area contributed by atoms with Gasteiger partial charge in [-0.1, -0.05) is 0 Å². The van der Waals surface area contributed by atoms with Gasteiger partial charge < -0.3 is 21.3 Å². The van der Waals surface area contributed by atoms with Crippen LogP contribution in [0.3, 0.4) is 0 Å². The van der Waals surface area contributed by atoms with Crippen LogP contribution in [0.15, 0.2) is 6.20 Å². The van der Waals surface area contributed by atoms with Gasteiger partial charge in [-0.15, -0.1) is 5.10 Å². The van der Waals surface area contributed by atoms with Crippen molar-refractivity contribution in [3.8, 4) is 0 Å². The highest BCUT2D eigenvalue weighted by Gasteiger charge is 2.44. The van der Waals surface area contributed by atoms with Crippen molar-refractivity contribution in [3.05, 3.63) is 11.9 Å². The third-order valence-corrected chi connectivity index (χ3v) is 3.18. The first kappa shape index (κ1) is 12.1. The average Bonchev–Trinajstić information content (AvgIpc) is 2.86. The molecule has 0 bridgehead atoms. The predicted octanol–water partition coefficient (Wildman–Crippen LogP) is -0.553. The highest BCUT2D eigenvalue weighted by Crippen LogP contribution is 2.35. The highest BCUT2D eigenvalue weighted by molar-refractivity contribution is 5.60. The largest absolute Gasteiger partial charge is 0.387 e. The number of hydrogen-bond acceptors (Lipinski definition) is 7. The summed E-state index contributed by atoms with van der Waals surface area (Å²) in [5.41, 5.74) is 11.8. The van der Waals surface area contributed by atoms with Gasteiger partial charge >= 0.3 is 0 Å². The molecule has 3 rings (SSSR count). The van der Waals surface area contributed by atoms with E-state index in [0.29, 0.717) is 5.69 Å². The molecule has 4 atom stereocenters. The summed E-state index contributed by atoms with van der Waals surface area (Å²) < 4.78 is 20.7. The molecule has 2 aromatic rings. The van der Waals surface area contributed by atoms with Gasteiger partial charge in [-0.2, -0.15) is 4.98 Å². The molecular weight excluding hydrogens is 255 g/mol. The Morgan fingerprint density at radius 1 is 1.47 bits per heavy atom. The van der Waals surface area contributed by atoms with E-state index in [4.69, 9.17) is 16.2 Å². The molecule has 2 aromatic heterocycles. The highest BCUT2D eigenvalue weighted by atomic mass is 19.1. The van der Waals surface area contributed by atoms with E-state index in [1.165, 1.54) is 10.7 Å². The van der Waals surface area contributed by atoms with E-state index >= 15 is 0 Å². The van der Waals surface area contributed by atoms with Crippen LogP contribution in [-0.4, -0.2) is 43.1 Å². The minimum Gasteiger partial charge on any atom is -0.387 e. The lowest BCUT2D eigenvalue weighted by Gasteiger charge is -2.12. The zero-order valence-electron chi connectivity index (χ0n) is 10.1. The molecule has 19 heavy (non-hydrogen) atoms. The van der Waals surface area contributed by atoms with Gasteiger partial charge in [0.2, 0.25) is 5.95 Å². The van der Waals surface area contributed by atoms with Crippen molar-refractivity contribution in [2.24, 2.45) is 0 Å². The molecular formula is C10H13FN6O2. The Bertz CT molecular complexity index is 632. The van der Waals surface area contributed by atoms with Gasteiger partial charge in [0, 0.05) is 0 Å². The van der Waals surface area contributed by atoms with E-state index in [9.17, 15) is 9.50 Å². The Hall–Kier alpha value is -2.00. The number of nitrogens with zero attached hydrogens (tertiary/aromatic N) is 4. The minimum absolute atomic E-state index is 0.0498. The molecule has 2 unspecified atom stereocenters. The van der Waals surface area contributed by atoms with Crippen molar-refractivity contribution in [2.45, 2.75) is 31.4 Å². The molecule has 0 aromatic carbocycles. The molecule has 0 saturated carbocycles. The fourth-order valence-corrected chi connectivity index (χ4v) is 2.19. The van der Waals surface area contributed by atoms with E-state index in [2.05, 4.69) is 15.1 Å². The first-order valence-electron chi connectivity index (χ1n) is 5.73. The number of aliphatic hydroxyl groups excluding tert-OH is 1. The zero-order valence-corrected chi connectivity index (χ0v) is 10.1. The van der Waals surface area contributed by atoms with E-state index in [0.717, 1.165) is 0 Å². The number of ether oxygens (including phenoxy) is 1. The van der Waals surface area contributed by atoms with Crippen LogP contribution in [0.1, 0.15) is 18.7 Å². The molecule has 1 aliphatic rings. The lowest BCUT2D eigenvalue weighted by atomic mass is 10.1. The Balaban J connectivity index is 2.11. The number of anilines is 2. The van der Waals surface area contributed by atoms with Crippen LogP contribution < -0.4 is 11.5 Å². The van der Waals surface area contributed by atoms with Crippen molar-refractivity contribution >= 4 is 17.4 Å². The van der Waals surface area contributed by atoms with Gasteiger partial charge in [-0.3, -0.25) is 0 Å². The summed E-state index contributed by atoms with van der Waals surface area (Å²) in [7, 11) is 0. The molecule has 3 heterocycles. The first-order chi connectivity index (χ1) is 8.99. The van der Waals surface area contributed by atoms with Gasteiger partial charge in [0.05, 0.1) is 18.0 Å². The van der Waals surface area contributed by atoms with Crippen LogP contribution >= 0.6 is 0 Å². The monoisotopic (exact) mass is 268 g/mol. The molecule has 0 amide bonds. The van der Waals surface area contributed by atoms with Crippen LogP contribution in [0.5, 0.6) is 0 Å². The number of fused-ring (bicyclic) bond motifs is 1. The first-order valence-corrected chi connectivity index (χ1v) is 5.73. The zero-order chi connectivity index (χ0) is 13.7. The third kappa shape index (κ3) is 1.70. The number of aromatic nitrogens is 4. The van der Waals surface area contributed by atoms with E-state index in [1.807, 2.05) is 0 Å². The summed E-state index contributed by atoms with van der Waals surface area (Å²) in [6.07, 6.45) is -2.93. The van der Waals surface area contributed by atoms with Crippen LogP contribution in [0.25, 0.3) is 5.65 Å². The van der Waals surface area contributed by atoms with E-state index in [1.54, 1.807) is 6.92 Å². The maximum Gasteiger partial charge on any atom is 0.240 e. The number of nitrogen functional groups attached to an aromatic ring is 2. The number of rotatable bonds is 1. The Kier molecular flexibility index (Phi) is 2.54. The standard InChI is InChI=1S/C10H13FN6O2/c1-3-6(18)5(11)7(19-3)4-2-14-9-8(12)15-10(13)16-17(4)9/h2-3,5-7,18H,1H3,(H4,12,13,15,16)/t3?,5-,6-,7?/m1/s1. The number of imidazole rings is 1. The van der Waals surface area contributed by atoms with Gasteiger partial charge in [0.1, 0.15) is 12.2 Å². The number of halogens is 1. The normalized spacial score (nSPS) is 31.1. The summed E-state index contributed by atoms with van der Waals surface area (Å²) in [5.74, 6) is 0.0482. The van der Waals surface area contributed by atoms with Crippen molar-refractivity contribution in [1.29, 1.82) is 0 Å². The van der Waals surface area contributed by atoms with E-state index < -0.39 is 24.5 Å². The fourth-order valence-electron chi connectivity index (χ4n) is 2.19. The van der Waals surface area contributed by atoms with Crippen molar-refractivity contribution in [3.63, 3.8) is 0 Å². The lowest BCUT2D eigenvalue weighted by molar-refractivity contribution is 0.0187. The molecule has 8 nitrogen and oxygen atoms in total. The van der Waals surface area contributed by atoms with Gasteiger partial charge in [-0.05, 0) is 6.92 Å².